The second-order valence-electron chi connectivity index (χ2n) is 7.23. The number of carbonyl (C=O) groups is 1. The lowest BCUT2D eigenvalue weighted by molar-refractivity contribution is 0.0970. The first-order chi connectivity index (χ1) is 13.8. The molecule has 0 bridgehead atoms. The Morgan fingerprint density at radius 3 is 2.75 bits per heavy atom. The summed E-state index contributed by atoms with van der Waals surface area (Å²) >= 11 is 0. The molecule has 3 heterocycles. The Balaban J connectivity index is 1.40. The van der Waals surface area contributed by atoms with Crippen LogP contribution in [0.1, 0.15) is 28.4 Å². The van der Waals surface area contributed by atoms with Gasteiger partial charge < -0.3 is 8.98 Å². The molecule has 0 fully saturated rings. The molecule has 1 aliphatic heterocycles. The first kappa shape index (κ1) is 15.4. The summed E-state index contributed by atoms with van der Waals surface area (Å²) in [5.41, 5.74) is 5.78. The van der Waals surface area contributed by atoms with Crippen molar-refractivity contribution < 1.29 is 9.21 Å². The van der Waals surface area contributed by atoms with Crippen LogP contribution >= 0.6 is 0 Å². The van der Waals surface area contributed by atoms with Crippen molar-refractivity contribution in [2.24, 2.45) is 0 Å². The normalized spacial score (nSPS) is 15.1. The van der Waals surface area contributed by atoms with E-state index in [9.17, 15) is 4.79 Å². The number of hydrogen-bond acceptors (Lipinski definition) is 3. The van der Waals surface area contributed by atoms with E-state index in [0.717, 1.165) is 33.2 Å². The number of furan rings is 1. The Kier molecular flexibility index (Phi) is 3.12. The van der Waals surface area contributed by atoms with Gasteiger partial charge in [0, 0.05) is 28.3 Å². The van der Waals surface area contributed by atoms with E-state index in [2.05, 4.69) is 21.7 Å². The number of nitrogens with zero attached hydrogens (tertiary/aromatic N) is 2. The molecule has 1 atom stereocenters. The van der Waals surface area contributed by atoms with Gasteiger partial charge in [0.05, 0.1) is 24.3 Å². The highest BCUT2D eigenvalue weighted by molar-refractivity contribution is 6.08. The van der Waals surface area contributed by atoms with Gasteiger partial charge in [-0.15, -0.1) is 0 Å². The lowest BCUT2D eigenvalue weighted by Crippen LogP contribution is -2.11. The molecule has 0 N–H and O–H groups in total. The van der Waals surface area contributed by atoms with Crippen molar-refractivity contribution in [2.45, 2.75) is 12.5 Å². The minimum Gasteiger partial charge on any atom is -0.456 e. The Morgan fingerprint density at radius 2 is 1.79 bits per heavy atom. The quantitative estimate of drug-likeness (QED) is 0.390. The van der Waals surface area contributed by atoms with Crippen LogP contribution in [0.3, 0.4) is 0 Å². The molecule has 1 unspecified atom stereocenters. The monoisotopic (exact) mass is 364 g/mol. The SMILES string of the molecule is O=C(CC1c2ccccc2-c2cncn21)c1ccc2oc3ccccc3c2c1. The summed E-state index contributed by atoms with van der Waals surface area (Å²) < 4.78 is 7.98. The van der Waals surface area contributed by atoms with Gasteiger partial charge in [-0.1, -0.05) is 42.5 Å². The fourth-order valence-corrected chi connectivity index (χ4v) is 4.33. The van der Waals surface area contributed by atoms with E-state index in [1.807, 2.05) is 67.1 Å². The van der Waals surface area contributed by atoms with E-state index in [0.29, 0.717) is 12.0 Å². The third kappa shape index (κ3) is 2.12. The zero-order chi connectivity index (χ0) is 18.7. The highest BCUT2D eigenvalue weighted by atomic mass is 16.3. The molecule has 4 nitrogen and oxygen atoms in total. The van der Waals surface area contributed by atoms with Crippen LogP contribution < -0.4 is 0 Å². The molecule has 0 saturated heterocycles. The number of rotatable bonds is 3. The number of carbonyl (C=O) groups excluding carboxylic acids is 1. The van der Waals surface area contributed by atoms with Gasteiger partial charge in [-0.25, -0.2) is 4.98 Å². The van der Waals surface area contributed by atoms with Crippen molar-refractivity contribution in [1.29, 1.82) is 0 Å². The zero-order valence-corrected chi connectivity index (χ0v) is 15.0. The van der Waals surface area contributed by atoms with Crippen molar-refractivity contribution in [3.63, 3.8) is 0 Å². The van der Waals surface area contributed by atoms with Gasteiger partial charge >= 0.3 is 0 Å². The molecule has 0 saturated carbocycles. The lowest BCUT2D eigenvalue weighted by atomic mass is 9.96. The van der Waals surface area contributed by atoms with Crippen LogP contribution in [0.15, 0.2) is 83.7 Å². The summed E-state index contributed by atoms with van der Waals surface area (Å²) in [6.07, 6.45) is 4.09. The van der Waals surface area contributed by atoms with Crippen LogP contribution in [-0.4, -0.2) is 15.3 Å². The van der Waals surface area contributed by atoms with Crippen molar-refractivity contribution >= 4 is 27.7 Å². The van der Waals surface area contributed by atoms with Crippen LogP contribution in [0.5, 0.6) is 0 Å². The number of ketones is 1. The predicted molar refractivity (Wildman–Crippen MR) is 108 cm³/mol. The van der Waals surface area contributed by atoms with Gasteiger partial charge in [0.15, 0.2) is 5.78 Å². The summed E-state index contributed by atoms with van der Waals surface area (Å²) in [6, 6.07) is 21.9. The standard InChI is InChI=1S/C24H16N2O2/c27-22(12-20-16-5-1-2-6-17(16)21-13-25-14-26(20)21)15-9-10-24-19(11-15)18-7-3-4-8-23(18)28-24/h1-11,13-14,20H,12H2. The van der Waals surface area contributed by atoms with Crippen molar-refractivity contribution in [3.8, 4) is 11.3 Å². The Morgan fingerprint density at radius 1 is 0.964 bits per heavy atom. The molecule has 28 heavy (non-hydrogen) atoms. The van der Waals surface area contributed by atoms with Crippen molar-refractivity contribution in [3.05, 3.63) is 90.4 Å². The fourth-order valence-electron chi connectivity index (χ4n) is 4.33. The second-order valence-corrected chi connectivity index (χ2v) is 7.23. The van der Waals surface area contributed by atoms with E-state index < -0.39 is 0 Å². The summed E-state index contributed by atoms with van der Waals surface area (Å²) in [5, 5.41) is 2.02. The maximum Gasteiger partial charge on any atom is 0.165 e. The predicted octanol–water partition coefficient (Wildman–Crippen LogP) is 5.63. The van der Waals surface area contributed by atoms with Gasteiger partial charge in [-0.05, 0) is 29.8 Å². The van der Waals surface area contributed by atoms with Gasteiger partial charge in [0.25, 0.3) is 0 Å². The molecular formula is C24H16N2O2. The second kappa shape index (κ2) is 5.67. The van der Waals surface area contributed by atoms with Gasteiger partial charge in [-0.2, -0.15) is 0 Å². The van der Waals surface area contributed by atoms with Gasteiger partial charge in [0.1, 0.15) is 11.2 Å². The highest BCUT2D eigenvalue weighted by Crippen LogP contribution is 2.41. The Labute approximate surface area is 161 Å². The number of benzene rings is 3. The van der Waals surface area contributed by atoms with Crippen LogP contribution in [0, 0.1) is 0 Å². The minimum atomic E-state index is -0.0157. The first-order valence-electron chi connectivity index (χ1n) is 9.35. The molecule has 0 amide bonds. The number of para-hydroxylation sites is 1. The number of Topliss-reactive ketones (excluding diaryl/α,β-unsaturated/α-hetero) is 1. The summed E-state index contributed by atoms with van der Waals surface area (Å²) in [4.78, 5) is 17.5. The van der Waals surface area contributed by atoms with Crippen LogP contribution in [0.25, 0.3) is 33.2 Å². The fraction of sp³-hybridized carbons (Fsp3) is 0.0833. The molecule has 4 heteroatoms. The average molecular weight is 364 g/mol. The minimum absolute atomic E-state index is 0.0157. The third-order valence-corrected chi connectivity index (χ3v) is 5.68. The van der Waals surface area contributed by atoms with E-state index in [-0.39, 0.29) is 11.8 Å². The van der Waals surface area contributed by atoms with E-state index in [1.54, 1.807) is 0 Å². The van der Waals surface area contributed by atoms with Gasteiger partial charge in [-0.3, -0.25) is 4.79 Å². The molecular weight excluding hydrogens is 348 g/mol. The Hall–Kier alpha value is -3.66. The maximum atomic E-state index is 13.2. The molecule has 0 aliphatic carbocycles. The van der Waals surface area contributed by atoms with Crippen LogP contribution in [0.2, 0.25) is 0 Å². The molecule has 3 aromatic carbocycles. The first-order valence-corrected chi connectivity index (χ1v) is 9.35. The largest absolute Gasteiger partial charge is 0.456 e. The average Bonchev–Trinajstić information content (AvgIpc) is 3.42. The van der Waals surface area contributed by atoms with E-state index in [1.165, 1.54) is 5.56 Å². The summed E-state index contributed by atoms with van der Waals surface area (Å²) in [7, 11) is 0. The van der Waals surface area contributed by atoms with Crippen LogP contribution in [-0.2, 0) is 0 Å². The summed E-state index contributed by atoms with van der Waals surface area (Å²) in [6.45, 7) is 0. The number of fused-ring (bicyclic) bond motifs is 6. The van der Waals surface area contributed by atoms with Gasteiger partial charge in [0.2, 0.25) is 0 Å². The number of imidazole rings is 1. The van der Waals surface area contributed by atoms with Crippen LogP contribution in [0.4, 0.5) is 0 Å². The Bertz CT molecular complexity index is 1380. The molecule has 2 aromatic heterocycles. The lowest BCUT2D eigenvalue weighted by Gasteiger charge is -2.14. The highest BCUT2D eigenvalue weighted by Gasteiger charge is 2.30. The van der Waals surface area contributed by atoms with E-state index in [4.69, 9.17) is 4.42 Å². The number of hydrogen-bond donors (Lipinski definition) is 0. The molecule has 6 rings (SSSR count). The van der Waals surface area contributed by atoms with E-state index >= 15 is 0 Å². The molecule has 0 spiro atoms. The van der Waals surface area contributed by atoms with Crippen molar-refractivity contribution in [1.82, 2.24) is 9.55 Å². The molecule has 1 aliphatic rings. The summed E-state index contributed by atoms with van der Waals surface area (Å²) in [5.74, 6) is 0.119. The maximum absolute atomic E-state index is 13.2. The third-order valence-electron chi connectivity index (χ3n) is 5.68. The zero-order valence-electron chi connectivity index (χ0n) is 15.0. The van der Waals surface area contributed by atoms with Crippen molar-refractivity contribution in [2.75, 3.05) is 0 Å². The molecule has 0 radical (unpaired) electrons. The smallest absolute Gasteiger partial charge is 0.165 e. The molecule has 5 aromatic rings. The molecule has 134 valence electrons. The number of aromatic nitrogens is 2. The topological polar surface area (TPSA) is 48.0 Å².